The molecule has 118 valence electrons. The van der Waals surface area contributed by atoms with Crippen molar-refractivity contribution >= 4 is 5.82 Å². The van der Waals surface area contributed by atoms with Crippen LogP contribution in [-0.4, -0.2) is 28.5 Å². The van der Waals surface area contributed by atoms with Crippen LogP contribution in [0.15, 0.2) is 12.3 Å². The quantitative estimate of drug-likeness (QED) is 0.572. The van der Waals surface area contributed by atoms with Gasteiger partial charge in [-0.1, -0.05) is 13.3 Å². The molecule has 0 amide bonds. The molecule has 0 aliphatic carbocycles. The summed E-state index contributed by atoms with van der Waals surface area (Å²) in [6.07, 6.45) is 6.61. The minimum Gasteiger partial charge on any atom is -0.383 e. The number of nitrogens with zero attached hydrogens (tertiary/aromatic N) is 2. The molecular weight excluding hydrogens is 262 g/mol. The summed E-state index contributed by atoms with van der Waals surface area (Å²) in [5.41, 5.74) is 11.3. The number of hydrogen-bond donors (Lipinski definition) is 3. The van der Waals surface area contributed by atoms with E-state index in [0.29, 0.717) is 5.82 Å². The van der Waals surface area contributed by atoms with Gasteiger partial charge in [0.2, 0.25) is 0 Å². The van der Waals surface area contributed by atoms with E-state index in [1.807, 2.05) is 6.07 Å². The molecule has 2 heterocycles. The molecule has 2 rings (SSSR count). The van der Waals surface area contributed by atoms with E-state index in [0.717, 1.165) is 30.6 Å². The van der Waals surface area contributed by atoms with Gasteiger partial charge in [0.05, 0.1) is 6.04 Å². The summed E-state index contributed by atoms with van der Waals surface area (Å²) in [4.78, 5) is 6.83. The summed E-state index contributed by atoms with van der Waals surface area (Å²) in [6, 6.07) is 1.98. The Morgan fingerprint density at radius 2 is 2.05 bits per heavy atom. The fourth-order valence-corrected chi connectivity index (χ4v) is 3.56. The maximum atomic E-state index is 6.15. The van der Waals surface area contributed by atoms with E-state index in [2.05, 4.69) is 36.1 Å². The molecule has 1 aromatic rings. The molecule has 1 aliphatic heterocycles. The zero-order chi connectivity index (χ0) is 15.5. The standard InChI is InChI=1S/C16H29N5/c1-4-16(3,21-10-6-5-7-11-21)14(20-18)13-12(2)8-9-19-15(13)17/h8-9,14,20H,4-7,10-11,18H2,1-3H3,(H2,17,19). The third kappa shape index (κ3) is 3.05. The second kappa shape index (κ2) is 6.73. The van der Waals surface area contributed by atoms with Crippen LogP contribution in [0.4, 0.5) is 5.82 Å². The number of nitrogens with two attached hydrogens (primary N) is 2. The summed E-state index contributed by atoms with van der Waals surface area (Å²) in [5.74, 6) is 6.53. The average molecular weight is 291 g/mol. The Balaban J connectivity index is 2.41. The van der Waals surface area contributed by atoms with Crippen molar-refractivity contribution in [2.75, 3.05) is 18.8 Å². The molecule has 21 heavy (non-hydrogen) atoms. The first kappa shape index (κ1) is 16.2. The Bertz CT molecular complexity index is 449. The Morgan fingerprint density at radius 3 is 2.57 bits per heavy atom. The molecule has 0 aromatic carbocycles. The van der Waals surface area contributed by atoms with Gasteiger partial charge in [0.1, 0.15) is 5.82 Å². The minimum atomic E-state index is -0.0584. The van der Waals surface area contributed by atoms with E-state index in [1.54, 1.807) is 6.20 Å². The van der Waals surface area contributed by atoms with Gasteiger partial charge in [-0.25, -0.2) is 4.98 Å². The fourth-order valence-electron chi connectivity index (χ4n) is 3.56. The van der Waals surface area contributed by atoms with Crippen LogP contribution in [0.2, 0.25) is 0 Å². The van der Waals surface area contributed by atoms with Crippen molar-refractivity contribution in [1.82, 2.24) is 15.3 Å². The predicted octanol–water partition coefficient (Wildman–Crippen LogP) is 2.13. The number of aromatic nitrogens is 1. The smallest absolute Gasteiger partial charge is 0.128 e. The van der Waals surface area contributed by atoms with E-state index in [-0.39, 0.29) is 11.6 Å². The summed E-state index contributed by atoms with van der Waals surface area (Å²) in [5, 5.41) is 0. The van der Waals surface area contributed by atoms with E-state index in [4.69, 9.17) is 11.6 Å². The highest BCUT2D eigenvalue weighted by Crippen LogP contribution is 2.38. The van der Waals surface area contributed by atoms with Crippen LogP contribution < -0.4 is 17.0 Å². The topological polar surface area (TPSA) is 80.2 Å². The van der Waals surface area contributed by atoms with Crippen LogP contribution >= 0.6 is 0 Å². The molecule has 1 fully saturated rings. The zero-order valence-corrected chi connectivity index (χ0v) is 13.5. The molecule has 0 radical (unpaired) electrons. The van der Waals surface area contributed by atoms with E-state index < -0.39 is 0 Å². The second-order valence-corrected chi connectivity index (χ2v) is 6.28. The molecule has 1 saturated heterocycles. The number of hydrogen-bond acceptors (Lipinski definition) is 5. The maximum Gasteiger partial charge on any atom is 0.128 e. The summed E-state index contributed by atoms with van der Waals surface area (Å²) >= 11 is 0. The lowest BCUT2D eigenvalue weighted by atomic mass is 9.81. The molecule has 0 bridgehead atoms. The van der Waals surface area contributed by atoms with Crippen molar-refractivity contribution < 1.29 is 0 Å². The van der Waals surface area contributed by atoms with E-state index in [1.165, 1.54) is 19.3 Å². The van der Waals surface area contributed by atoms with Crippen molar-refractivity contribution in [3.8, 4) is 0 Å². The predicted molar refractivity (Wildman–Crippen MR) is 87.6 cm³/mol. The van der Waals surface area contributed by atoms with Gasteiger partial charge in [-0.2, -0.15) is 0 Å². The number of likely N-dealkylation sites (tertiary alicyclic amines) is 1. The highest BCUT2D eigenvalue weighted by molar-refractivity contribution is 5.47. The molecule has 0 spiro atoms. The first-order valence-electron chi connectivity index (χ1n) is 7.96. The van der Waals surface area contributed by atoms with Crippen molar-refractivity contribution in [2.45, 2.75) is 58.0 Å². The van der Waals surface area contributed by atoms with Crippen LogP contribution in [0.5, 0.6) is 0 Å². The monoisotopic (exact) mass is 291 g/mol. The number of aryl methyl sites for hydroxylation is 1. The summed E-state index contributed by atoms with van der Waals surface area (Å²) in [7, 11) is 0. The third-order valence-corrected chi connectivity index (χ3v) is 5.11. The van der Waals surface area contributed by atoms with Crippen molar-refractivity contribution in [2.24, 2.45) is 5.84 Å². The highest BCUT2D eigenvalue weighted by atomic mass is 15.3. The van der Waals surface area contributed by atoms with Gasteiger partial charge in [-0.15, -0.1) is 0 Å². The second-order valence-electron chi connectivity index (χ2n) is 6.28. The molecule has 5 heteroatoms. The molecule has 1 aromatic heterocycles. The zero-order valence-electron chi connectivity index (χ0n) is 13.5. The Kier molecular flexibility index (Phi) is 5.19. The van der Waals surface area contributed by atoms with Gasteiger partial charge in [0.25, 0.3) is 0 Å². The molecule has 5 N–H and O–H groups in total. The van der Waals surface area contributed by atoms with Gasteiger partial charge < -0.3 is 5.73 Å². The van der Waals surface area contributed by atoms with Gasteiger partial charge in [-0.05, 0) is 57.8 Å². The summed E-state index contributed by atoms with van der Waals surface area (Å²) < 4.78 is 0. The van der Waals surface area contributed by atoms with Crippen LogP contribution in [0.3, 0.4) is 0 Å². The third-order valence-electron chi connectivity index (χ3n) is 5.11. The van der Waals surface area contributed by atoms with Crippen molar-refractivity contribution in [3.63, 3.8) is 0 Å². The number of hydrazine groups is 1. The number of anilines is 1. The van der Waals surface area contributed by atoms with Gasteiger partial charge in [-0.3, -0.25) is 16.2 Å². The normalized spacial score (nSPS) is 21.0. The number of piperidine rings is 1. The lowest BCUT2D eigenvalue weighted by molar-refractivity contribution is 0.0423. The maximum absolute atomic E-state index is 6.15. The molecule has 2 atom stereocenters. The first-order valence-corrected chi connectivity index (χ1v) is 7.96. The first-order chi connectivity index (χ1) is 10.0. The van der Waals surface area contributed by atoms with Gasteiger partial charge in [0, 0.05) is 17.3 Å². The van der Waals surface area contributed by atoms with Crippen LogP contribution in [0, 0.1) is 6.92 Å². The number of nitrogen functional groups attached to an aromatic ring is 1. The van der Waals surface area contributed by atoms with E-state index >= 15 is 0 Å². The van der Waals surface area contributed by atoms with E-state index in [9.17, 15) is 0 Å². The lowest BCUT2D eigenvalue weighted by Crippen LogP contribution is -2.57. The molecule has 2 unspecified atom stereocenters. The summed E-state index contributed by atoms with van der Waals surface area (Å²) in [6.45, 7) is 8.84. The van der Waals surface area contributed by atoms with Crippen molar-refractivity contribution in [1.29, 1.82) is 0 Å². The minimum absolute atomic E-state index is 0.0192. The largest absolute Gasteiger partial charge is 0.383 e. The molecule has 0 saturated carbocycles. The number of nitrogens with one attached hydrogen (secondary N) is 1. The average Bonchev–Trinajstić information content (AvgIpc) is 2.51. The highest BCUT2D eigenvalue weighted by Gasteiger charge is 2.40. The Morgan fingerprint density at radius 1 is 1.38 bits per heavy atom. The molecule has 5 nitrogen and oxygen atoms in total. The van der Waals surface area contributed by atoms with Crippen molar-refractivity contribution in [3.05, 3.63) is 23.4 Å². The van der Waals surface area contributed by atoms with Crippen LogP contribution in [0.25, 0.3) is 0 Å². The lowest BCUT2D eigenvalue weighted by Gasteiger charge is -2.48. The van der Waals surface area contributed by atoms with Crippen LogP contribution in [-0.2, 0) is 0 Å². The Labute approximate surface area is 128 Å². The molecular formula is C16H29N5. The Hall–Kier alpha value is -1.17. The van der Waals surface area contributed by atoms with Gasteiger partial charge in [0.15, 0.2) is 0 Å². The SMILES string of the molecule is CCC(C)(C(NN)c1c(C)ccnc1N)N1CCCCC1. The number of rotatable bonds is 5. The van der Waals surface area contributed by atoms with Gasteiger partial charge >= 0.3 is 0 Å². The molecule has 1 aliphatic rings. The fraction of sp³-hybridized carbons (Fsp3) is 0.688. The number of pyridine rings is 1. The van der Waals surface area contributed by atoms with Crippen LogP contribution in [0.1, 0.15) is 56.7 Å².